The number of rotatable bonds is 2. The number of piperidine rings is 1. The van der Waals surface area contributed by atoms with Crippen molar-refractivity contribution in [3.8, 4) is 0 Å². The van der Waals surface area contributed by atoms with Crippen molar-refractivity contribution in [1.29, 1.82) is 0 Å². The minimum Gasteiger partial charge on any atom is -0.396 e. The van der Waals surface area contributed by atoms with E-state index in [9.17, 15) is 9.90 Å². The Balaban J connectivity index is 1.79. The molecule has 3 rings (SSSR count). The molecule has 2 saturated heterocycles. The number of amides is 1. The van der Waals surface area contributed by atoms with Crippen molar-refractivity contribution in [1.82, 2.24) is 15.2 Å². The molecule has 0 bridgehead atoms. The summed E-state index contributed by atoms with van der Waals surface area (Å²) in [7, 11) is 0. The summed E-state index contributed by atoms with van der Waals surface area (Å²) in [5, 5.41) is 13.1. The fourth-order valence-electron chi connectivity index (χ4n) is 3.64. The Hall–Kier alpha value is -0.980. The first-order chi connectivity index (χ1) is 10.1. The highest BCUT2D eigenvalue weighted by molar-refractivity contribution is 9.10. The molecule has 0 aliphatic carbocycles. The van der Waals surface area contributed by atoms with Crippen molar-refractivity contribution in [2.24, 2.45) is 11.3 Å². The molecule has 6 heteroatoms. The van der Waals surface area contributed by atoms with Gasteiger partial charge in [0.1, 0.15) is 0 Å². The van der Waals surface area contributed by atoms with Crippen LogP contribution in [0.4, 0.5) is 0 Å². The van der Waals surface area contributed by atoms with Gasteiger partial charge < -0.3 is 15.3 Å². The highest BCUT2D eigenvalue weighted by Gasteiger charge is 2.47. The predicted molar refractivity (Wildman–Crippen MR) is 83.0 cm³/mol. The van der Waals surface area contributed by atoms with Gasteiger partial charge in [0.15, 0.2) is 0 Å². The predicted octanol–water partition coefficient (Wildman–Crippen LogP) is 1.28. The molecule has 2 fully saturated rings. The van der Waals surface area contributed by atoms with Crippen LogP contribution >= 0.6 is 15.9 Å². The van der Waals surface area contributed by atoms with Crippen LogP contribution in [0, 0.1) is 11.3 Å². The second-order valence-corrected chi connectivity index (χ2v) is 6.99. The zero-order valence-electron chi connectivity index (χ0n) is 11.9. The first-order valence-corrected chi connectivity index (χ1v) is 8.15. The van der Waals surface area contributed by atoms with E-state index in [1.807, 2.05) is 4.90 Å². The van der Waals surface area contributed by atoms with Gasteiger partial charge in [-0.15, -0.1) is 0 Å². The molecule has 1 unspecified atom stereocenters. The lowest BCUT2D eigenvalue weighted by molar-refractivity contribution is 0.0755. The average molecular weight is 354 g/mol. The normalized spacial score (nSPS) is 24.5. The molecule has 0 saturated carbocycles. The molecule has 1 atom stereocenters. The number of pyridine rings is 1. The van der Waals surface area contributed by atoms with Crippen molar-refractivity contribution in [3.63, 3.8) is 0 Å². The summed E-state index contributed by atoms with van der Waals surface area (Å²) in [6, 6.07) is 1.80. The summed E-state index contributed by atoms with van der Waals surface area (Å²) in [6.45, 7) is 3.47. The summed E-state index contributed by atoms with van der Waals surface area (Å²) in [5.41, 5.74) is 0.682. The zero-order chi connectivity index (χ0) is 14.9. The molecule has 2 aliphatic heterocycles. The van der Waals surface area contributed by atoms with E-state index < -0.39 is 0 Å². The van der Waals surface area contributed by atoms with Gasteiger partial charge in [0, 0.05) is 42.5 Å². The van der Waals surface area contributed by atoms with Crippen molar-refractivity contribution >= 4 is 21.8 Å². The van der Waals surface area contributed by atoms with Crippen LogP contribution in [0.25, 0.3) is 0 Å². The highest BCUT2D eigenvalue weighted by atomic mass is 79.9. The van der Waals surface area contributed by atoms with E-state index in [4.69, 9.17) is 0 Å². The van der Waals surface area contributed by atoms with E-state index in [2.05, 4.69) is 26.2 Å². The summed E-state index contributed by atoms with van der Waals surface area (Å²) < 4.78 is 0.808. The number of carbonyl (C=O) groups is 1. The molecule has 5 nitrogen and oxygen atoms in total. The monoisotopic (exact) mass is 353 g/mol. The van der Waals surface area contributed by atoms with E-state index in [0.717, 1.165) is 36.9 Å². The molecule has 3 heterocycles. The van der Waals surface area contributed by atoms with Crippen LogP contribution in [-0.4, -0.2) is 53.7 Å². The van der Waals surface area contributed by atoms with Crippen LogP contribution in [0.2, 0.25) is 0 Å². The van der Waals surface area contributed by atoms with Crippen LogP contribution in [0.5, 0.6) is 0 Å². The highest BCUT2D eigenvalue weighted by Crippen LogP contribution is 2.43. The zero-order valence-corrected chi connectivity index (χ0v) is 13.5. The Labute approximate surface area is 132 Å². The van der Waals surface area contributed by atoms with Crippen molar-refractivity contribution in [2.75, 3.05) is 32.8 Å². The average Bonchev–Trinajstić information content (AvgIpc) is 2.85. The summed E-state index contributed by atoms with van der Waals surface area (Å²) in [6.07, 6.45) is 5.33. The fourth-order valence-corrected chi connectivity index (χ4v) is 4.01. The van der Waals surface area contributed by atoms with Crippen LogP contribution in [0.3, 0.4) is 0 Å². The van der Waals surface area contributed by atoms with Gasteiger partial charge in [-0.1, -0.05) is 0 Å². The Bertz CT molecular complexity index is 531. The van der Waals surface area contributed by atoms with Crippen LogP contribution < -0.4 is 5.32 Å². The Kier molecular flexibility index (Phi) is 4.28. The van der Waals surface area contributed by atoms with Gasteiger partial charge in [0.05, 0.1) is 5.56 Å². The van der Waals surface area contributed by atoms with Crippen LogP contribution in [0.15, 0.2) is 22.9 Å². The van der Waals surface area contributed by atoms with E-state index in [1.165, 1.54) is 0 Å². The second-order valence-electron chi connectivity index (χ2n) is 6.07. The van der Waals surface area contributed by atoms with Gasteiger partial charge >= 0.3 is 0 Å². The number of aromatic nitrogens is 1. The first-order valence-electron chi connectivity index (χ1n) is 7.36. The largest absolute Gasteiger partial charge is 0.396 e. The maximum atomic E-state index is 12.7. The number of hydrogen-bond donors (Lipinski definition) is 2. The SMILES string of the molecule is O=C(c1cncc(Br)c1)N1CC(CO)C2(CCNCC2)C1. The molecule has 2 N–H and O–H groups in total. The first kappa shape index (κ1) is 14.9. The Morgan fingerprint density at radius 1 is 1.48 bits per heavy atom. The molecule has 21 heavy (non-hydrogen) atoms. The number of nitrogens with zero attached hydrogens (tertiary/aromatic N) is 2. The minimum atomic E-state index is 0.0117. The number of likely N-dealkylation sites (tertiary alicyclic amines) is 1. The third kappa shape index (κ3) is 2.84. The summed E-state index contributed by atoms with van der Waals surface area (Å²) in [5.74, 6) is 0.196. The topological polar surface area (TPSA) is 65.5 Å². The molecule has 0 radical (unpaired) electrons. The molecule has 1 amide bonds. The standard InChI is InChI=1S/C15H20BrN3O2/c16-13-5-11(6-18-7-13)14(21)19-8-12(9-20)15(10-19)1-3-17-4-2-15/h5-7,12,17,20H,1-4,8-10H2. The Morgan fingerprint density at radius 2 is 2.24 bits per heavy atom. The number of carbonyl (C=O) groups excluding carboxylic acids is 1. The lowest BCUT2D eigenvalue weighted by Crippen LogP contribution is -2.43. The van der Waals surface area contributed by atoms with Gasteiger partial charge in [0.2, 0.25) is 0 Å². The van der Waals surface area contributed by atoms with E-state index in [-0.39, 0.29) is 23.8 Å². The maximum absolute atomic E-state index is 12.7. The number of nitrogens with one attached hydrogen (secondary N) is 1. The molecule has 114 valence electrons. The van der Waals surface area contributed by atoms with E-state index in [0.29, 0.717) is 12.1 Å². The van der Waals surface area contributed by atoms with Gasteiger partial charge in [0.25, 0.3) is 5.91 Å². The molecular weight excluding hydrogens is 334 g/mol. The molecule has 0 aromatic carbocycles. The fraction of sp³-hybridized carbons (Fsp3) is 0.600. The second kappa shape index (κ2) is 6.02. The third-order valence-corrected chi connectivity index (χ3v) is 5.30. The molecular formula is C15H20BrN3O2. The minimum absolute atomic E-state index is 0.0117. The Morgan fingerprint density at radius 3 is 2.90 bits per heavy atom. The van der Waals surface area contributed by atoms with Crippen LogP contribution in [0.1, 0.15) is 23.2 Å². The van der Waals surface area contributed by atoms with Crippen LogP contribution in [-0.2, 0) is 0 Å². The number of aliphatic hydroxyl groups excluding tert-OH is 1. The molecule has 1 aromatic heterocycles. The lowest BCUT2D eigenvalue weighted by atomic mass is 9.71. The maximum Gasteiger partial charge on any atom is 0.255 e. The van der Waals surface area contributed by atoms with Gasteiger partial charge in [-0.05, 0) is 53.3 Å². The van der Waals surface area contributed by atoms with Gasteiger partial charge in [-0.3, -0.25) is 9.78 Å². The smallest absolute Gasteiger partial charge is 0.255 e. The van der Waals surface area contributed by atoms with Gasteiger partial charge in [-0.25, -0.2) is 0 Å². The summed E-state index contributed by atoms with van der Waals surface area (Å²) >= 11 is 3.35. The van der Waals surface area contributed by atoms with E-state index >= 15 is 0 Å². The molecule has 1 aromatic rings. The number of hydrogen-bond acceptors (Lipinski definition) is 4. The van der Waals surface area contributed by atoms with Crippen molar-refractivity contribution < 1.29 is 9.90 Å². The van der Waals surface area contributed by atoms with Crippen molar-refractivity contribution in [2.45, 2.75) is 12.8 Å². The van der Waals surface area contributed by atoms with Crippen molar-refractivity contribution in [3.05, 3.63) is 28.5 Å². The molecule has 1 spiro atoms. The number of halogens is 1. The quantitative estimate of drug-likeness (QED) is 0.840. The van der Waals surface area contributed by atoms with E-state index in [1.54, 1.807) is 18.5 Å². The number of aliphatic hydroxyl groups is 1. The van der Waals surface area contributed by atoms with Gasteiger partial charge in [-0.2, -0.15) is 0 Å². The summed E-state index contributed by atoms with van der Waals surface area (Å²) in [4.78, 5) is 18.6. The third-order valence-electron chi connectivity index (χ3n) is 4.87. The molecule has 2 aliphatic rings. The lowest BCUT2D eigenvalue weighted by Gasteiger charge is -2.37.